The summed E-state index contributed by atoms with van der Waals surface area (Å²) in [5.74, 6) is 0.909. The lowest BCUT2D eigenvalue weighted by molar-refractivity contribution is -0.292. The quantitative estimate of drug-likeness (QED) is 0.565. The number of fused-ring (bicyclic) bond motifs is 1. The van der Waals surface area contributed by atoms with Crippen LogP contribution in [-0.4, -0.2) is 63.5 Å². The standard InChI is InChI=1S/C18H26O7/c1-18(2)7-10(20)5-9-6-11(3-4-12(9)18)24-17-16(23)15(22)14(21)13(8-19)25-17/h5-6,12-17,19,21-23H,3-4,7-8H2,1-2H3/t12?,13-,14-,15+,16-,17-/m1/s1. The van der Waals surface area contributed by atoms with Gasteiger partial charge in [0, 0.05) is 12.8 Å². The molecule has 1 fully saturated rings. The minimum atomic E-state index is -1.47. The van der Waals surface area contributed by atoms with Crippen LogP contribution < -0.4 is 0 Å². The Balaban J connectivity index is 1.76. The first-order chi connectivity index (χ1) is 11.7. The number of carbonyl (C=O) groups is 1. The van der Waals surface area contributed by atoms with Crippen molar-refractivity contribution in [3.05, 3.63) is 23.5 Å². The molecule has 0 aromatic heterocycles. The number of ketones is 1. The van der Waals surface area contributed by atoms with E-state index in [9.17, 15) is 25.2 Å². The maximum atomic E-state index is 11.9. The maximum absolute atomic E-state index is 11.9. The van der Waals surface area contributed by atoms with Crippen molar-refractivity contribution in [3.8, 4) is 0 Å². The zero-order valence-electron chi connectivity index (χ0n) is 14.5. The molecular formula is C18H26O7. The SMILES string of the molecule is CC1(C)CC(=O)C=C2C=C(O[C@@H]3O[C@H](CO)[C@@H](O)[C@H](O)[C@H]3O)CCC21. The molecule has 3 rings (SSSR count). The van der Waals surface area contributed by atoms with Gasteiger partial charge in [0.2, 0.25) is 6.29 Å². The monoisotopic (exact) mass is 354 g/mol. The summed E-state index contributed by atoms with van der Waals surface area (Å²) in [5.41, 5.74) is 0.805. The van der Waals surface area contributed by atoms with Crippen molar-refractivity contribution < 1.29 is 34.7 Å². The van der Waals surface area contributed by atoms with Crippen LogP contribution in [0.15, 0.2) is 23.5 Å². The highest BCUT2D eigenvalue weighted by Gasteiger charge is 2.45. The van der Waals surface area contributed by atoms with Gasteiger partial charge in [-0.25, -0.2) is 0 Å². The second-order valence-electron chi connectivity index (χ2n) is 7.79. The Hall–Kier alpha value is -1.25. The number of rotatable bonds is 3. The van der Waals surface area contributed by atoms with Crippen molar-refractivity contribution in [2.24, 2.45) is 11.3 Å². The van der Waals surface area contributed by atoms with E-state index in [0.717, 1.165) is 12.0 Å². The molecule has 0 aromatic carbocycles. The number of allylic oxidation sites excluding steroid dienone is 4. The molecule has 6 atom stereocenters. The summed E-state index contributed by atoms with van der Waals surface area (Å²) in [6.45, 7) is 3.67. The van der Waals surface area contributed by atoms with Crippen LogP contribution in [0.3, 0.4) is 0 Å². The lowest BCUT2D eigenvalue weighted by atomic mass is 9.64. The molecule has 0 radical (unpaired) electrons. The molecule has 1 aliphatic heterocycles. The van der Waals surface area contributed by atoms with Gasteiger partial charge in [-0.1, -0.05) is 13.8 Å². The summed E-state index contributed by atoms with van der Waals surface area (Å²) in [5, 5.41) is 39.0. The Labute approximate surface area is 146 Å². The smallest absolute Gasteiger partial charge is 0.228 e. The van der Waals surface area contributed by atoms with Gasteiger partial charge in [0.05, 0.1) is 12.4 Å². The average molecular weight is 354 g/mol. The Morgan fingerprint density at radius 3 is 2.60 bits per heavy atom. The Kier molecular flexibility index (Phi) is 5.05. The lowest BCUT2D eigenvalue weighted by Crippen LogP contribution is -2.59. The fourth-order valence-corrected chi connectivity index (χ4v) is 4.01. The summed E-state index contributed by atoms with van der Waals surface area (Å²) in [7, 11) is 0. The van der Waals surface area contributed by atoms with Crippen LogP contribution in [0, 0.1) is 11.3 Å². The van der Waals surface area contributed by atoms with Crippen molar-refractivity contribution in [3.63, 3.8) is 0 Å². The summed E-state index contributed by atoms with van der Waals surface area (Å²) in [4.78, 5) is 11.9. The third-order valence-electron chi connectivity index (χ3n) is 5.43. The van der Waals surface area contributed by atoms with Gasteiger partial charge in [-0.05, 0) is 35.5 Å². The predicted octanol–water partition coefficient (Wildman–Crippen LogP) is 0.0222. The van der Waals surface area contributed by atoms with Crippen molar-refractivity contribution in [2.45, 2.75) is 63.8 Å². The highest BCUT2D eigenvalue weighted by molar-refractivity contribution is 5.92. The molecule has 140 valence electrons. The third-order valence-corrected chi connectivity index (χ3v) is 5.43. The molecule has 4 N–H and O–H groups in total. The van der Waals surface area contributed by atoms with Crippen molar-refractivity contribution >= 4 is 5.78 Å². The first kappa shape index (κ1) is 18.5. The van der Waals surface area contributed by atoms with E-state index in [1.165, 1.54) is 0 Å². The minimum absolute atomic E-state index is 0.0848. The van der Waals surface area contributed by atoms with E-state index in [-0.39, 0.29) is 17.1 Å². The van der Waals surface area contributed by atoms with Crippen LogP contribution in [0.5, 0.6) is 0 Å². The largest absolute Gasteiger partial charge is 0.466 e. The maximum Gasteiger partial charge on any atom is 0.228 e. The van der Waals surface area contributed by atoms with Gasteiger partial charge in [0.25, 0.3) is 0 Å². The topological polar surface area (TPSA) is 116 Å². The molecule has 1 heterocycles. The Morgan fingerprint density at radius 2 is 1.92 bits per heavy atom. The van der Waals surface area contributed by atoms with E-state index in [4.69, 9.17) is 9.47 Å². The van der Waals surface area contributed by atoms with Crippen LogP contribution >= 0.6 is 0 Å². The molecular weight excluding hydrogens is 328 g/mol. The fraction of sp³-hybridized carbons (Fsp3) is 0.722. The molecule has 25 heavy (non-hydrogen) atoms. The molecule has 3 aliphatic rings. The first-order valence-electron chi connectivity index (χ1n) is 8.65. The molecule has 7 heteroatoms. The first-order valence-corrected chi connectivity index (χ1v) is 8.65. The molecule has 0 bridgehead atoms. The minimum Gasteiger partial charge on any atom is -0.466 e. The summed E-state index contributed by atoms with van der Waals surface area (Å²) >= 11 is 0. The van der Waals surface area contributed by atoms with Crippen LogP contribution in [-0.2, 0) is 14.3 Å². The number of aliphatic hydroxyl groups excluding tert-OH is 4. The average Bonchev–Trinajstić information content (AvgIpc) is 2.54. The van der Waals surface area contributed by atoms with E-state index < -0.39 is 37.3 Å². The number of hydrogen-bond donors (Lipinski definition) is 4. The molecule has 0 saturated carbocycles. The number of aliphatic hydroxyl groups is 4. The van der Waals surface area contributed by atoms with E-state index in [1.54, 1.807) is 12.2 Å². The van der Waals surface area contributed by atoms with E-state index in [1.807, 2.05) is 0 Å². The van der Waals surface area contributed by atoms with Crippen LogP contribution in [0.1, 0.15) is 33.1 Å². The number of carbonyl (C=O) groups excluding carboxylic acids is 1. The second kappa shape index (κ2) is 6.81. The summed E-state index contributed by atoms with van der Waals surface area (Å²) in [6.07, 6.45) is -1.11. The summed E-state index contributed by atoms with van der Waals surface area (Å²) in [6, 6.07) is 0. The van der Waals surface area contributed by atoms with Gasteiger partial charge in [-0.3, -0.25) is 4.79 Å². The predicted molar refractivity (Wildman–Crippen MR) is 87.1 cm³/mol. The van der Waals surface area contributed by atoms with E-state index in [0.29, 0.717) is 18.6 Å². The molecule has 2 aliphatic carbocycles. The van der Waals surface area contributed by atoms with Gasteiger partial charge in [-0.2, -0.15) is 0 Å². The van der Waals surface area contributed by atoms with E-state index in [2.05, 4.69) is 13.8 Å². The Bertz CT molecular complexity index is 592. The highest BCUT2D eigenvalue weighted by atomic mass is 16.7. The molecule has 1 unspecified atom stereocenters. The van der Waals surface area contributed by atoms with Gasteiger partial charge in [0.15, 0.2) is 5.78 Å². The second-order valence-corrected chi connectivity index (χ2v) is 7.79. The van der Waals surface area contributed by atoms with Crippen LogP contribution in [0.25, 0.3) is 0 Å². The molecule has 0 aromatic rings. The van der Waals surface area contributed by atoms with Gasteiger partial charge in [0.1, 0.15) is 24.4 Å². The Morgan fingerprint density at radius 1 is 1.20 bits per heavy atom. The van der Waals surface area contributed by atoms with E-state index >= 15 is 0 Å². The fourth-order valence-electron chi connectivity index (χ4n) is 4.01. The molecule has 7 nitrogen and oxygen atoms in total. The van der Waals surface area contributed by atoms with Crippen molar-refractivity contribution in [2.75, 3.05) is 6.61 Å². The lowest BCUT2D eigenvalue weighted by Gasteiger charge is -2.42. The zero-order valence-corrected chi connectivity index (χ0v) is 14.5. The van der Waals surface area contributed by atoms with Gasteiger partial charge >= 0.3 is 0 Å². The van der Waals surface area contributed by atoms with Crippen molar-refractivity contribution in [1.82, 2.24) is 0 Å². The van der Waals surface area contributed by atoms with Crippen LogP contribution in [0.4, 0.5) is 0 Å². The molecule has 1 saturated heterocycles. The van der Waals surface area contributed by atoms with Crippen molar-refractivity contribution in [1.29, 1.82) is 0 Å². The molecule has 0 amide bonds. The van der Waals surface area contributed by atoms with Gasteiger partial charge < -0.3 is 29.9 Å². The summed E-state index contributed by atoms with van der Waals surface area (Å²) < 4.78 is 11.1. The zero-order chi connectivity index (χ0) is 18.4. The highest BCUT2D eigenvalue weighted by Crippen LogP contribution is 2.46. The van der Waals surface area contributed by atoms with Crippen LogP contribution in [0.2, 0.25) is 0 Å². The number of hydrogen-bond acceptors (Lipinski definition) is 7. The normalized spacial score (nSPS) is 40.8. The molecule has 0 spiro atoms. The number of ether oxygens (including phenoxy) is 2. The van der Waals surface area contributed by atoms with Gasteiger partial charge in [-0.15, -0.1) is 0 Å². The third kappa shape index (κ3) is 3.52.